The predicted molar refractivity (Wildman–Crippen MR) is 224 cm³/mol. The van der Waals surface area contributed by atoms with Crippen LogP contribution in [0.4, 0.5) is 0 Å². The first-order chi connectivity index (χ1) is 26.2. The average Bonchev–Trinajstić information content (AvgIpc) is 3.84. The molecule has 0 atom stereocenters. The van der Waals surface area contributed by atoms with Gasteiger partial charge in [0.05, 0.1) is 33.1 Å². The number of aromatic nitrogens is 4. The number of hydrogen-bond donors (Lipinski definition) is 0. The van der Waals surface area contributed by atoms with Crippen LogP contribution in [0.15, 0.2) is 158 Å². The number of rotatable bonds is 5. The highest BCUT2D eigenvalue weighted by Crippen LogP contribution is 2.47. The molecule has 11 aromatic rings. The number of fused-ring (bicyclic) bond motifs is 11. The zero-order valence-electron chi connectivity index (χ0n) is 29.1. The monoisotopic (exact) mass is 676 g/mol. The van der Waals surface area contributed by atoms with E-state index in [1.807, 2.05) is 12.1 Å². The largest absolute Gasteiger partial charge is 0.308 e. The average molecular weight is 677 g/mol. The maximum absolute atomic E-state index is 5.45. The topological polar surface area (TPSA) is 35.1 Å². The van der Waals surface area contributed by atoms with Gasteiger partial charge in [0.15, 0.2) is 5.82 Å². The molecule has 4 heterocycles. The zero-order valence-corrected chi connectivity index (χ0v) is 29.1. The number of para-hydroxylation sites is 3. The van der Waals surface area contributed by atoms with E-state index in [1.165, 1.54) is 54.4 Å². The smallest absolute Gasteiger partial charge is 0.162 e. The van der Waals surface area contributed by atoms with Crippen LogP contribution in [0, 0.1) is 0 Å². The molecule has 0 saturated carbocycles. The fraction of sp³-hybridized carbons (Fsp3) is 0.0204. The Labute approximate surface area is 305 Å². The van der Waals surface area contributed by atoms with E-state index in [0.29, 0.717) is 5.82 Å². The van der Waals surface area contributed by atoms with Crippen molar-refractivity contribution in [2.24, 2.45) is 0 Å². The van der Waals surface area contributed by atoms with E-state index >= 15 is 0 Å². The van der Waals surface area contributed by atoms with Crippen LogP contribution in [0.2, 0.25) is 0 Å². The van der Waals surface area contributed by atoms with Crippen LogP contribution in [0.1, 0.15) is 18.1 Å². The Balaban J connectivity index is 1.28. The summed E-state index contributed by atoms with van der Waals surface area (Å²) in [5, 5.41) is 8.39. The van der Waals surface area contributed by atoms with E-state index in [1.54, 1.807) is 0 Å². The van der Waals surface area contributed by atoms with Crippen LogP contribution in [-0.4, -0.2) is 18.9 Å². The van der Waals surface area contributed by atoms with Gasteiger partial charge in [-0.3, -0.25) is 4.57 Å². The Kier molecular flexibility index (Phi) is 6.29. The first-order valence-corrected chi connectivity index (χ1v) is 18.1. The van der Waals surface area contributed by atoms with Gasteiger partial charge in [0, 0.05) is 43.3 Å². The highest BCUT2D eigenvalue weighted by molar-refractivity contribution is 6.36. The first-order valence-electron chi connectivity index (χ1n) is 18.1. The van der Waals surface area contributed by atoms with Crippen molar-refractivity contribution in [2.45, 2.75) is 6.92 Å². The van der Waals surface area contributed by atoms with Crippen LogP contribution in [0.3, 0.4) is 0 Å². The van der Waals surface area contributed by atoms with Crippen LogP contribution in [0.25, 0.3) is 111 Å². The van der Waals surface area contributed by atoms with Gasteiger partial charge in [-0.05, 0) is 71.6 Å². The van der Waals surface area contributed by atoms with E-state index in [0.717, 1.165) is 50.0 Å². The molecule has 0 saturated heterocycles. The minimum atomic E-state index is 0.699. The summed E-state index contributed by atoms with van der Waals surface area (Å²) in [6, 6.07) is 52.1. The molecule has 0 fully saturated rings. The third kappa shape index (κ3) is 4.18. The van der Waals surface area contributed by atoms with Crippen molar-refractivity contribution in [2.75, 3.05) is 0 Å². The van der Waals surface area contributed by atoms with Crippen molar-refractivity contribution >= 4 is 83.0 Å². The predicted octanol–water partition coefficient (Wildman–Crippen LogP) is 12.9. The van der Waals surface area contributed by atoms with Gasteiger partial charge in [-0.25, -0.2) is 9.97 Å². The van der Waals surface area contributed by atoms with Gasteiger partial charge >= 0.3 is 0 Å². The molecule has 0 aliphatic carbocycles. The van der Waals surface area contributed by atoms with Crippen LogP contribution in [-0.2, 0) is 0 Å². The minimum Gasteiger partial charge on any atom is -0.308 e. The normalized spacial score (nSPS) is 12.2. The fourth-order valence-corrected chi connectivity index (χ4v) is 8.62. The fourth-order valence-electron chi connectivity index (χ4n) is 8.62. The molecule has 4 nitrogen and oxygen atoms in total. The van der Waals surface area contributed by atoms with Gasteiger partial charge in [-0.1, -0.05) is 128 Å². The summed E-state index contributed by atoms with van der Waals surface area (Å²) in [6.07, 6.45) is 6.24. The van der Waals surface area contributed by atoms with Crippen molar-refractivity contribution < 1.29 is 0 Å². The van der Waals surface area contributed by atoms with E-state index in [9.17, 15) is 0 Å². The molecule has 0 spiro atoms. The summed E-state index contributed by atoms with van der Waals surface area (Å²) in [7, 11) is 0. The molecule has 0 amide bonds. The van der Waals surface area contributed by atoms with E-state index in [2.05, 4.69) is 174 Å². The van der Waals surface area contributed by atoms with Crippen molar-refractivity contribution in [3.05, 3.63) is 169 Å². The lowest BCUT2D eigenvalue weighted by Crippen LogP contribution is -2.02. The molecule has 248 valence electrons. The third-order valence-electron chi connectivity index (χ3n) is 10.9. The Morgan fingerprint density at radius 2 is 1.17 bits per heavy atom. The third-order valence-corrected chi connectivity index (χ3v) is 10.9. The Morgan fingerprint density at radius 1 is 0.509 bits per heavy atom. The number of allylic oxidation sites excluding steroid dienone is 1. The van der Waals surface area contributed by atoms with Crippen LogP contribution < -0.4 is 0 Å². The lowest BCUT2D eigenvalue weighted by Gasteiger charge is -2.13. The summed E-state index contributed by atoms with van der Waals surface area (Å²) in [4.78, 5) is 10.6. The molecule has 11 rings (SSSR count). The summed E-state index contributed by atoms with van der Waals surface area (Å²) in [5.41, 5.74) is 12.4. The molecule has 0 N–H and O–H groups in total. The number of hydrogen-bond acceptors (Lipinski definition) is 2. The Hall–Kier alpha value is -7.04. The van der Waals surface area contributed by atoms with Gasteiger partial charge in [0.25, 0.3) is 0 Å². The van der Waals surface area contributed by atoms with E-state index in [-0.39, 0.29) is 0 Å². The molecule has 7 aromatic carbocycles. The van der Waals surface area contributed by atoms with Crippen LogP contribution in [0.5, 0.6) is 0 Å². The quantitative estimate of drug-likeness (QED) is 0.182. The van der Waals surface area contributed by atoms with Gasteiger partial charge < -0.3 is 4.40 Å². The van der Waals surface area contributed by atoms with E-state index < -0.39 is 0 Å². The minimum absolute atomic E-state index is 0.699. The lowest BCUT2D eigenvalue weighted by atomic mass is 9.99. The van der Waals surface area contributed by atoms with Gasteiger partial charge in [0.1, 0.15) is 5.82 Å². The second kappa shape index (κ2) is 11.2. The van der Waals surface area contributed by atoms with Crippen molar-refractivity contribution in [3.63, 3.8) is 0 Å². The Bertz CT molecular complexity index is 3290. The highest BCUT2D eigenvalue weighted by atomic mass is 15.1. The second-order valence-corrected chi connectivity index (χ2v) is 13.8. The highest BCUT2D eigenvalue weighted by Gasteiger charge is 2.25. The molecule has 53 heavy (non-hydrogen) atoms. The molecule has 4 heteroatoms. The molecule has 0 bridgehead atoms. The standard InChI is InChI=1S/C49H32N4/c1-3-14-34-27-38-39-29-44-45(46-37-19-10-12-21-41(37)52(47(39)46)43(38)28-30(34)4-2)36-18-9-13-22-42(36)53(44)49-35-17-8-11-20-40(35)50-48(51-49)33-25-23-32(24-26-33)31-15-6-5-7-16-31/h3-29H,2H2,1H3/b14-3-. The van der Waals surface area contributed by atoms with Crippen LogP contribution >= 0.6 is 0 Å². The maximum Gasteiger partial charge on any atom is 0.162 e. The first kappa shape index (κ1) is 29.7. The summed E-state index contributed by atoms with van der Waals surface area (Å²) in [5.74, 6) is 1.57. The second-order valence-electron chi connectivity index (χ2n) is 13.8. The molecule has 0 unspecified atom stereocenters. The van der Waals surface area contributed by atoms with Crippen molar-refractivity contribution in [3.8, 4) is 28.3 Å². The molecule has 0 aliphatic rings. The SMILES string of the molecule is C=Cc1cc2c(cc1/C=C\C)c1cc3c(c4ccccc4n3-c3nc(-c4ccc(-c5ccccc5)cc4)nc4ccccc34)c3c4ccccc4n2c13. The molecular weight excluding hydrogens is 645 g/mol. The molecule has 0 aliphatic heterocycles. The van der Waals surface area contributed by atoms with Gasteiger partial charge in [-0.15, -0.1) is 0 Å². The summed E-state index contributed by atoms with van der Waals surface area (Å²) >= 11 is 0. The zero-order chi connectivity index (χ0) is 35.2. The Morgan fingerprint density at radius 3 is 1.94 bits per heavy atom. The molecular formula is C49H32N4. The number of nitrogens with zero attached hydrogens (tertiary/aromatic N) is 4. The van der Waals surface area contributed by atoms with Gasteiger partial charge in [0.2, 0.25) is 0 Å². The summed E-state index contributed by atoms with van der Waals surface area (Å²) in [6.45, 7) is 6.24. The van der Waals surface area contributed by atoms with E-state index in [4.69, 9.17) is 9.97 Å². The lowest BCUT2D eigenvalue weighted by molar-refractivity contribution is 1.08. The number of benzene rings is 7. The molecule has 4 aromatic heterocycles. The van der Waals surface area contributed by atoms with Gasteiger partial charge in [-0.2, -0.15) is 0 Å². The molecule has 0 radical (unpaired) electrons. The summed E-state index contributed by atoms with van der Waals surface area (Å²) < 4.78 is 4.84. The van der Waals surface area contributed by atoms with Crippen molar-refractivity contribution in [1.29, 1.82) is 0 Å². The van der Waals surface area contributed by atoms with Crippen molar-refractivity contribution in [1.82, 2.24) is 18.9 Å². The maximum atomic E-state index is 5.45.